The number of hydrogen-bond donors (Lipinski definition) is 2. The number of methoxy groups -OCH3 is 3. The SMILES string of the molecule is COc1cc(C(=O)N2CCC(CCN3CCC(C(=O)NN4CCOC(C(=O)O)C4)(c4ccncc4)CC3)(c3ccc(Cl)c(Cl)c3)C2)cc(OC)c1OC. The van der Waals surface area contributed by atoms with Crippen LogP contribution in [0.25, 0.3) is 0 Å². The summed E-state index contributed by atoms with van der Waals surface area (Å²) in [5, 5.41) is 12.0. The van der Waals surface area contributed by atoms with Crippen molar-refractivity contribution >= 4 is 41.0 Å². The Balaban J connectivity index is 1.19. The standard InChI is InChI=1S/C38H45Cl2N5O8/c1-50-30-20-25(21-31(51-2)33(30)52-3)34(46)44-17-9-37(24-44,27-4-5-28(39)29(40)22-27)8-14-43-15-10-38(11-16-43,26-6-12-41-13-7-26)36(49)42-45-18-19-53-32(23-45)35(47)48/h4-7,12-13,20-22,32H,8-11,14-19,23-24H2,1-3H3,(H,42,49)(H,47,48). The van der Waals surface area contributed by atoms with Gasteiger partial charge in [-0.05, 0) is 92.8 Å². The number of rotatable bonds is 12. The number of aromatic nitrogens is 1. The number of pyridine rings is 1. The van der Waals surface area contributed by atoms with Gasteiger partial charge in [0, 0.05) is 43.0 Å². The average molecular weight is 771 g/mol. The van der Waals surface area contributed by atoms with Gasteiger partial charge in [-0.15, -0.1) is 0 Å². The molecule has 3 aliphatic rings. The summed E-state index contributed by atoms with van der Waals surface area (Å²) in [5.41, 5.74) is 4.11. The third kappa shape index (κ3) is 8.04. The maximum atomic E-state index is 14.1. The van der Waals surface area contributed by atoms with Gasteiger partial charge >= 0.3 is 5.97 Å². The first-order valence-corrected chi connectivity index (χ1v) is 18.4. The number of benzene rings is 2. The Morgan fingerprint density at radius 2 is 1.60 bits per heavy atom. The van der Waals surface area contributed by atoms with E-state index in [9.17, 15) is 19.5 Å². The Morgan fingerprint density at radius 1 is 0.906 bits per heavy atom. The van der Waals surface area contributed by atoms with Crippen molar-refractivity contribution in [3.05, 3.63) is 81.6 Å². The number of hydrogen-bond acceptors (Lipinski definition) is 10. The lowest BCUT2D eigenvalue weighted by atomic mass is 9.72. The number of hydrazine groups is 1. The quantitative estimate of drug-likeness (QED) is 0.270. The van der Waals surface area contributed by atoms with E-state index in [1.165, 1.54) is 21.3 Å². The van der Waals surface area contributed by atoms with Crippen LogP contribution in [0.5, 0.6) is 17.2 Å². The highest BCUT2D eigenvalue weighted by Crippen LogP contribution is 2.43. The molecule has 2 aromatic carbocycles. The highest BCUT2D eigenvalue weighted by Gasteiger charge is 2.46. The number of ether oxygens (including phenoxy) is 4. The van der Waals surface area contributed by atoms with Crippen molar-refractivity contribution in [3.63, 3.8) is 0 Å². The maximum Gasteiger partial charge on any atom is 0.334 e. The number of amides is 2. The molecule has 2 amide bonds. The number of morpholine rings is 1. The topological polar surface area (TPSA) is 143 Å². The van der Waals surface area contributed by atoms with E-state index >= 15 is 0 Å². The average Bonchev–Trinajstić information content (AvgIpc) is 3.63. The smallest absolute Gasteiger partial charge is 0.334 e. The second kappa shape index (κ2) is 16.5. The van der Waals surface area contributed by atoms with Crippen molar-refractivity contribution in [2.45, 2.75) is 42.6 Å². The Kier molecular flexibility index (Phi) is 12.0. The third-order valence-corrected chi connectivity index (χ3v) is 11.7. The predicted molar refractivity (Wildman–Crippen MR) is 198 cm³/mol. The molecule has 1 aromatic heterocycles. The van der Waals surface area contributed by atoms with Crippen LogP contribution in [0.3, 0.4) is 0 Å². The normalized spacial score (nSPS) is 21.9. The van der Waals surface area contributed by atoms with E-state index in [-0.39, 0.29) is 25.0 Å². The van der Waals surface area contributed by atoms with E-state index in [1.54, 1.807) is 35.6 Å². The Morgan fingerprint density at radius 3 is 2.23 bits per heavy atom. The summed E-state index contributed by atoms with van der Waals surface area (Å²) in [7, 11) is 4.56. The summed E-state index contributed by atoms with van der Waals surface area (Å²) in [4.78, 5) is 48.1. The van der Waals surface area contributed by atoms with E-state index < -0.39 is 22.9 Å². The minimum absolute atomic E-state index is 0.0650. The molecule has 284 valence electrons. The molecule has 2 unspecified atom stereocenters. The van der Waals surface area contributed by atoms with Gasteiger partial charge in [0.2, 0.25) is 11.7 Å². The fourth-order valence-electron chi connectivity index (χ4n) is 7.84. The van der Waals surface area contributed by atoms with E-state index in [2.05, 4.69) is 15.3 Å². The highest BCUT2D eigenvalue weighted by atomic mass is 35.5. The molecule has 53 heavy (non-hydrogen) atoms. The molecule has 4 heterocycles. The third-order valence-electron chi connectivity index (χ3n) is 11.0. The lowest BCUT2D eigenvalue weighted by Gasteiger charge is -2.43. The summed E-state index contributed by atoms with van der Waals surface area (Å²) in [6.45, 7) is 3.70. The van der Waals surface area contributed by atoms with Gasteiger partial charge in [0.05, 0.1) is 49.9 Å². The second-order valence-corrected chi connectivity index (χ2v) is 14.6. The molecule has 2 atom stereocenters. The number of nitrogens with one attached hydrogen (secondary N) is 1. The number of carboxylic acid groups (broad SMARTS) is 1. The zero-order valence-corrected chi connectivity index (χ0v) is 31.6. The van der Waals surface area contributed by atoms with E-state index in [0.29, 0.717) is 78.4 Å². The molecule has 15 heteroatoms. The summed E-state index contributed by atoms with van der Waals surface area (Å²) < 4.78 is 21.8. The van der Waals surface area contributed by atoms with Gasteiger partial charge in [0.1, 0.15) is 0 Å². The van der Waals surface area contributed by atoms with Gasteiger partial charge in [-0.25, -0.2) is 9.80 Å². The number of carbonyl (C=O) groups is 3. The molecule has 3 aromatic rings. The van der Waals surface area contributed by atoms with Gasteiger partial charge in [0.25, 0.3) is 5.91 Å². The van der Waals surface area contributed by atoms with Crippen LogP contribution in [0.2, 0.25) is 10.0 Å². The molecule has 2 N–H and O–H groups in total. The molecule has 0 radical (unpaired) electrons. The number of carboxylic acids is 1. The van der Waals surface area contributed by atoms with Crippen molar-refractivity contribution in [2.24, 2.45) is 0 Å². The molecule has 0 bridgehead atoms. The number of likely N-dealkylation sites (tertiary alicyclic amines) is 2. The predicted octanol–water partition coefficient (Wildman–Crippen LogP) is 4.44. The van der Waals surface area contributed by atoms with E-state index in [1.807, 2.05) is 29.2 Å². The minimum atomic E-state index is -1.06. The van der Waals surface area contributed by atoms with E-state index in [4.69, 9.17) is 42.1 Å². The van der Waals surface area contributed by atoms with Crippen LogP contribution in [0, 0.1) is 0 Å². The lowest BCUT2D eigenvalue weighted by Crippen LogP contribution is -2.59. The fraction of sp³-hybridized carbons (Fsp3) is 0.474. The lowest BCUT2D eigenvalue weighted by molar-refractivity contribution is -0.160. The van der Waals surface area contributed by atoms with Crippen LogP contribution in [0.15, 0.2) is 54.9 Å². The van der Waals surface area contributed by atoms with Crippen molar-refractivity contribution in [1.82, 2.24) is 25.2 Å². The number of piperidine rings is 1. The first-order chi connectivity index (χ1) is 25.5. The van der Waals surface area contributed by atoms with E-state index in [0.717, 1.165) is 30.5 Å². The highest BCUT2D eigenvalue weighted by molar-refractivity contribution is 6.42. The Bertz CT molecular complexity index is 1780. The molecular formula is C38H45Cl2N5O8. The molecular weight excluding hydrogens is 725 g/mol. The first-order valence-electron chi connectivity index (χ1n) is 17.6. The first kappa shape index (κ1) is 38.6. The van der Waals surface area contributed by atoms with Crippen molar-refractivity contribution in [2.75, 3.05) is 73.7 Å². The van der Waals surface area contributed by atoms with Crippen LogP contribution in [0.1, 0.15) is 47.2 Å². The summed E-state index contributed by atoms with van der Waals surface area (Å²) in [5.74, 6) is -0.151. The largest absolute Gasteiger partial charge is 0.493 e. The van der Waals surface area contributed by atoms with Gasteiger partial charge in [-0.2, -0.15) is 0 Å². The molecule has 0 aliphatic carbocycles. The molecule has 0 spiro atoms. The Hall–Kier alpha value is -4.14. The molecule has 3 fully saturated rings. The number of aliphatic carboxylic acids is 1. The molecule has 3 aliphatic heterocycles. The zero-order valence-electron chi connectivity index (χ0n) is 30.1. The van der Waals surface area contributed by atoms with Gasteiger partial charge in [-0.3, -0.25) is 20.0 Å². The summed E-state index contributed by atoms with van der Waals surface area (Å²) in [6, 6.07) is 12.8. The summed E-state index contributed by atoms with van der Waals surface area (Å²) >= 11 is 12.9. The molecule has 3 saturated heterocycles. The van der Waals surface area contributed by atoms with Gasteiger partial charge < -0.3 is 33.9 Å². The second-order valence-electron chi connectivity index (χ2n) is 13.8. The minimum Gasteiger partial charge on any atom is -0.493 e. The molecule has 13 nitrogen and oxygen atoms in total. The number of carbonyl (C=O) groups excluding carboxylic acids is 2. The van der Waals surface area contributed by atoms with Crippen LogP contribution in [-0.4, -0.2) is 123 Å². The van der Waals surface area contributed by atoms with Crippen LogP contribution in [0.4, 0.5) is 0 Å². The van der Waals surface area contributed by atoms with Gasteiger partial charge in [0.15, 0.2) is 17.6 Å². The monoisotopic (exact) mass is 769 g/mol. The van der Waals surface area contributed by atoms with Crippen molar-refractivity contribution < 1.29 is 38.4 Å². The van der Waals surface area contributed by atoms with Crippen LogP contribution in [-0.2, 0) is 25.2 Å². The van der Waals surface area contributed by atoms with Crippen LogP contribution >= 0.6 is 23.2 Å². The number of nitrogens with zero attached hydrogens (tertiary/aromatic N) is 4. The maximum absolute atomic E-state index is 14.1. The zero-order chi connectivity index (χ0) is 37.8. The fourth-order valence-corrected chi connectivity index (χ4v) is 8.14. The van der Waals surface area contributed by atoms with Gasteiger partial charge in [-0.1, -0.05) is 29.3 Å². The van der Waals surface area contributed by atoms with Crippen LogP contribution < -0.4 is 19.6 Å². The summed E-state index contributed by atoms with van der Waals surface area (Å²) in [6.07, 6.45) is 4.95. The number of halogens is 2. The van der Waals surface area contributed by atoms with Crippen molar-refractivity contribution in [3.8, 4) is 17.2 Å². The van der Waals surface area contributed by atoms with Crippen molar-refractivity contribution in [1.29, 1.82) is 0 Å². The molecule has 0 saturated carbocycles. The Labute approximate surface area is 319 Å². The molecule has 6 rings (SSSR count).